The van der Waals surface area contributed by atoms with Crippen LogP contribution in [0.3, 0.4) is 0 Å². The summed E-state index contributed by atoms with van der Waals surface area (Å²) in [7, 11) is 1.80. The predicted octanol–water partition coefficient (Wildman–Crippen LogP) is 3.03. The number of rotatable bonds is 4. The molecule has 5 rings (SSSR count). The lowest BCUT2D eigenvalue weighted by Crippen LogP contribution is -2.48. The summed E-state index contributed by atoms with van der Waals surface area (Å²) < 4.78 is 30.2. The van der Waals surface area contributed by atoms with Crippen molar-refractivity contribution in [2.45, 2.75) is 19.9 Å². The summed E-state index contributed by atoms with van der Waals surface area (Å²) in [5.41, 5.74) is 1.67. The first kappa shape index (κ1) is 21.9. The SMILES string of the molecule is CC(=O)N1CCN(c2nc3cc(F)cc(F)c3cc2[C@H](C)Nc2ncnc3c2cnn3C)CC1. The van der Waals surface area contributed by atoms with E-state index >= 15 is 0 Å². The van der Waals surface area contributed by atoms with Gasteiger partial charge in [0.25, 0.3) is 0 Å². The number of carbonyl (C=O) groups is 1. The molecule has 1 aromatic carbocycles. The predicted molar refractivity (Wildman–Crippen MR) is 124 cm³/mol. The zero-order valence-electron chi connectivity index (χ0n) is 19.1. The smallest absolute Gasteiger partial charge is 0.219 e. The van der Waals surface area contributed by atoms with Crippen molar-refractivity contribution in [3.63, 3.8) is 0 Å². The van der Waals surface area contributed by atoms with Gasteiger partial charge >= 0.3 is 0 Å². The van der Waals surface area contributed by atoms with Crippen molar-refractivity contribution < 1.29 is 13.6 Å². The first-order valence-corrected chi connectivity index (χ1v) is 11.0. The summed E-state index contributed by atoms with van der Waals surface area (Å²) in [4.78, 5) is 28.9. The van der Waals surface area contributed by atoms with E-state index in [1.165, 1.54) is 12.4 Å². The fourth-order valence-corrected chi connectivity index (χ4v) is 4.37. The largest absolute Gasteiger partial charge is 0.363 e. The van der Waals surface area contributed by atoms with Gasteiger partial charge in [0.05, 0.1) is 23.1 Å². The van der Waals surface area contributed by atoms with E-state index in [0.717, 1.165) is 17.0 Å². The Bertz CT molecular complexity index is 1400. The molecule has 34 heavy (non-hydrogen) atoms. The monoisotopic (exact) mass is 466 g/mol. The molecule has 1 fully saturated rings. The minimum Gasteiger partial charge on any atom is -0.363 e. The number of piperazine rings is 1. The van der Waals surface area contributed by atoms with Crippen LogP contribution in [0.1, 0.15) is 25.5 Å². The number of nitrogens with zero attached hydrogens (tertiary/aromatic N) is 7. The highest BCUT2D eigenvalue weighted by Gasteiger charge is 2.25. The molecule has 0 saturated carbocycles. The van der Waals surface area contributed by atoms with Gasteiger partial charge in [-0.25, -0.2) is 23.7 Å². The molecule has 0 unspecified atom stereocenters. The van der Waals surface area contributed by atoms with Gasteiger partial charge in [-0.1, -0.05) is 0 Å². The van der Waals surface area contributed by atoms with Gasteiger partial charge in [-0.2, -0.15) is 5.10 Å². The Hall–Kier alpha value is -3.89. The lowest BCUT2D eigenvalue weighted by atomic mass is 10.0. The number of fused-ring (bicyclic) bond motifs is 2. The van der Waals surface area contributed by atoms with Crippen molar-refractivity contribution in [2.24, 2.45) is 7.05 Å². The van der Waals surface area contributed by atoms with E-state index in [2.05, 4.69) is 30.3 Å². The maximum atomic E-state index is 14.7. The van der Waals surface area contributed by atoms with Crippen LogP contribution in [-0.2, 0) is 11.8 Å². The normalized spacial score (nSPS) is 15.2. The molecule has 9 nitrogen and oxygen atoms in total. The molecular formula is C23H24F2N8O. The fraction of sp³-hybridized carbons (Fsp3) is 0.348. The Morgan fingerprint density at radius 2 is 1.85 bits per heavy atom. The molecular weight excluding hydrogens is 442 g/mol. The highest BCUT2D eigenvalue weighted by Crippen LogP contribution is 2.33. The Morgan fingerprint density at radius 3 is 2.59 bits per heavy atom. The van der Waals surface area contributed by atoms with Crippen molar-refractivity contribution in [3.8, 4) is 0 Å². The average molecular weight is 466 g/mol. The zero-order chi connectivity index (χ0) is 24.0. The Labute approximate surface area is 194 Å². The number of amides is 1. The second-order valence-corrected chi connectivity index (χ2v) is 8.44. The third-order valence-electron chi connectivity index (χ3n) is 6.23. The van der Waals surface area contributed by atoms with E-state index in [0.29, 0.717) is 43.5 Å². The number of halogens is 2. The molecule has 1 aliphatic heterocycles. The number of aryl methyl sites for hydroxylation is 1. The standard InChI is InChI=1S/C23H24F2N8O/c1-13(29-21-18-11-28-31(3)22(18)27-12-26-21)16-10-17-19(25)8-15(24)9-20(17)30-23(16)33-6-4-32(5-7-33)14(2)34/h8-13H,4-7H2,1-3H3,(H,26,27,29)/t13-/m0/s1. The molecule has 176 valence electrons. The fourth-order valence-electron chi connectivity index (χ4n) is 4.37. The Balaban J connectivity index is 1.56. The maximum Gasteiger partial charge on any atom is 0.219 e. The quantitative estimate of drug-likeness (QED) is 0.494. The molecule has 11 heteroatoms. The molecule has 0 aliphatic carbocycles. The van der Waals surface area contributed by atoms with Crippen molar-refractivity contribution in [1.82, 2.24) is 29.6 Å². The topological polar surface area (TPSA) is 92.1 Å². The van der Waals surface area contributed by atoms with Crippen LogP contribution in [0.5, 0.6) is 0 Å². The molecule has 0 spiro atoms. The molecule has 4 heterocycles. The van der Waals surface area contributed by atoms with Crippen molar-refractivity contribution in [3.05, 3.63) is 47.9 Å². The number of hydrogen-bond acceptors (Lipinski definition) is 7. The first-order valence-electron chi connectivity index (χ1n) is 11.0. The van der Waals surface area contributed by atoms with Crippen molar-refractivity contribution >= 4 is 39.5 Å². The molecule has 1 amide bonds. The van der Waals surface area contributed by atoms with Gasteiger partial charge in [0.1, 0.15) is 29.6 Å². The van der Waals surface area contributed by atoms with Crippen LogP contribution in [0.25, 0.3) is 21.9 Å². The summed E-state index contributed by atoms with van der Waals surface area (Å²) in [6, 6.07) is 3.49. The molecule has 3 aromatic heterocycles. The van der Waals surface area contributed by atoms with E-state index in [4.69, 9.17) is 0 Å². The lowest BCUT2D eigenvalue weighted by Gasteiger charge is -2.36. The second kappa shape index (κ2) is 8.47. The number of hydrogen-bond donors (Lipinski definition) is 1. The van der Waals surface area contributed by atoms with Crippen LogP contribution in [-0.4, -0.2) is 61.7 Å². The minimum atomic E-state index is -0.677. The average Bonchev–Trinajstić information content (AvgIpc) is 3.20. The number of nitrogens with one attached hydrogen (secondary N) is 1. The molecule has 0 radical (unpaired) electrons. The van der Waals surface area contributed by atoms with Crippen LogP contribution < -0.4 is 10.2 Å². The van der Waals surface area contributed by atoms with E-state index in [9.17, 15) is 13.6 Å². The van der Waals surface area contributed by atoms with E-state index in [1.54, 1.807) is 35.8 Å². The summed E-state index contributed by atoms with van der Waals surface area (Å²) >= 11 is 0. The lowest BCUT2D eigenvalue weighted by molar-refractivity contribution is -0.129. The van der Waals surface area contributed by atoms with E-state index in [1.807, 2.05) is 6.92 Å². The summed E-state index contributed by atoms with van der Waals surface area (Å²) in [5, 5.41) is 8.63. The highest BCUT2D eigenvalue weighted by molar-refractivity contribution is 5.87. The maximum absolute atomic E-state index is 14.7. The van der Waals surface area contributed by atoms with E-state index < -0.39 is 11.6 Å². The third-order valence-corrected chi connectivity index (χ3v) is 6.23. The van der Waals surface area contributed by atoms with Crippen molar-refractivity contribution in [2.75, 3.05) is 36.4 Å². The highest BCUT2D eigenvalue weighted by atomic mass is 19.1. The van der Waals surface area contributed by atoms with Gasteiger partial charge in [-0.05, 0) is 13.0 Å². The Kier molecular flexibility index (Phi) is 5.46. The number of pyridine rings is 1. The summed E-state index contributed by atoms with van der Waals surface area (Å²) in [6.07, 6.45) is 3.15. The van der Waals surface area contributed by atoms with Gasteiger partial charge in [0, 0.05) is 63.2 Å². The number of carbonyl (C=O) groups excluding carboxylic acids is 1. The van der Waals surface area contributed by atoms with Gasteiger partial charge in [0.15, 0.2) is 5.65 Å². The minimum absolute atomic E-state index is 0.0229. The van der Waals surface area contributed by atoms with Crippen LogP contribution >= 0.6 is 0 Å². The molecule has 1 N–H and O–H groups in total. The third kappa shape index (κ3) is 3.87. The number of anilines is 2. The molecule has 1 atom stereocenters. The van der Waals surface area contributed by atoms with Gasteiger partial charge in [0.2, 0.25) is 5.91 Å². The number of benzene rings is 1. The second-order valence-electron chi connectivity index (χ2n) is 8.44. The number of aromatic nitrogens is 5. The molecule has 1 saturated heterocycles. The molecule has 1 aliphatic rings. The molecule has 0 bridgehead atoms. The van der Waals surface area contributed by atoms with Crippen LogP contribution in [0.2, 0.25) is 0 Å². The summed E-state index contributed by atoms with van der Waals surface area (Å²) in [6.45, 7) is 5.72. The first-order chi connectivity index (χ1) is 16.3. The van der Waals surface area contributed by atoms with Gasteiger partial charge in [-0.15, -0.1) is 0 Å². The van der Waals surface area contributed by atoms with E-state index in [-0.39, 0.29) is 22.9 Å². The summed E-state index contributed by atoms with van der Waals surface area (Å²) in [5.74, 6) is -0.103. The van der Waals surface area contributed by atoms with Gasteiger partial charge < -0.3 is 15.1 Å². The van der Waals surface area contributed by atoms with Gasteiger partial charge in [-0.3, -0.25) is 9.48 Å². The van der Waals surface area contributed by atoms with Crippen molar-refractivity contribution in [1.29, 1.82) is 0 Å². The van der Waals surface area contributed by atoms with Crippen LogP contribution in [0.15, 0.2) is 30.7 Å². The van der Waals surface area contributed by atoms with Crippen LogP contribution in [0, 0.1) is 11.6 Å². The Morgan fingerprint density at radius 1 is 1.09 bits per heavy atom. The van der Waals surface area contributed by atoms with Crippen LogP contribution in [0.4, 0.5) is 20.4 Å². The molecule has 4 aromatic rings. The zero-order valence-corrected chi connectivity index (χ0v) is 19.1.